The SMILES string of the molecule is CO[C@]1(C(F)(F)F)ON=C(c2ccccc2)[C@@H]1[S@@+]([O-])c1ccc(C)cc1. The fourth-order valence-corrected chi connectivity index (χ4v) is 4.33. The summed E-state index contributed by atoms with van der Waals surface area (Å²) >= 11 is -2.11. The lowest BCUT2D eigenvalue weighted by Gasteiger charge is -2.33. The number of hydrogen-bond acceptors (Lipinski definition) is 4. The highest BCUT2D eigenvalue weighted by Gasteiger charge is 2.73. The Morgan fingerprint density at radius 2 is 1.73 bits per heavy atom. The van der Waals surface area contributed by atoms with E-state index in [2.05, 4.69) is 5.16 Å². The molecule has 0 amide bonds. The smallest absolute Gasteiger partial charge is 0.464 e. The van der Waals surface area contributed by atoms with Crippen molar-refractivity contribution in [1.82, 2.24) is 0 Å². The van der Waals surface area contributed by atoms with Crippen molar-refractivity contribution >= 4 is 16.9 Å². The van der Waals surface area contributed by atoms with Crippen molar-refractivity contribution in [2.45, 2.75) is 29.0 Å². The Bertz CT molecular complexity index is 796. The van der Waals surface area contributed by atoms with Crippen molar-refractivity contribution in [3.8, 4) is 0 Å². The highest BCUT2D eigenvalue weighted by atomic mass is 32.2. The summed E-state index contributed by atoms with van der Waals surface area (Å²) in [6, 6.07) is 14.6. The van der Waals surface area contributed by atoms with E-state index in [1.807, 2.05) is 6.92 Å². The van der Waals surface area contributed by atoms with Gasteiger partial charge in [0, 0.05) is 23.8 Å². The third-order valence-electron chi connectivity index (χ3n) is 4.11. The number of oxime groups is 1. The number of rotatable bonds is 4. The van der Waals surface area contributed by atoms with Crippen molar-refractivity contribution in [2.24, 2.45) is 5.16 Å². The summed E-state index contributed by atoms with van der Waals surface area (Å²) in [4.78, 5) is 4.98. The Morgan fingerprint density at radius 3 is 2.27 bits per heavy atom. The van der Waals surface area contributed by atoms with E-state index in [0.29, 0.717) is 5.56 Å². The molecule has 1 aliphatic rings. The van der Waals surface area contributed by atoms with Gasteiger partial charge in [-0.05, 0) is 19.1 Å². The molecule has 0 spiro atoms. The van der Waals surface area contributed by atoms with Crippen LogP contribution in [0.1, 0.15) is 11.1 Å². The maximum Gasteiger partial charge on any atom is 0.464 e. The van der Waals surface area contributed by atoms with Crippen LogP contribution in [0, 0.1) is 6.92 Å². The Hall–Kier alpha value is -2.03. The van der Waals surface area contributed by atoms with E-state index in [1.165, 1.54) is 12.1 Å². The molecule has 3 atom stereocenters. The van der Waals surface area contributed by atoms with Crippen LogP contribution in [0.2, 0.25) is 0 Å². The minimum Gasteiger partial charge on any atom is -0.611 e. The second kappa shape index (κ2) is 6.94. The summed E-state index contributed by atoms with van der Waals surface area (Å²) in [5, 5.41) is 1.95. The molecule has 1 aliphatic heterocycles. The molecule has 0 radical (unpaired) electrons. The number of nitrogens with zero attached hydrogens (tertiary/aromatic N) is 1. The lowest BCUT2D eigenvalue weighted by atomic mass is 10.0. The number of ether oxygens (including phenoxy) is 1. The molecule has 0 aromatic heterocycles. The second-order valence-electron chi connectivity index (χ2n) is 5.79. The molecule has 1 heterocycles. The minimum absolute atomic E-state index is 0.0660. The van der Waals surface area contributed by atoms with Crippen LogP contribution in [0.5, 0.6) is 0 Å². The van der Waals surface area contributed by atoms with Gasteiger partial charge in [-0.25, -0.2) is 0 Å². The lowest BCUT2D eigenvalue weighted by Crippen LogP contribution is -2.59. The van der Waals surface area contributed by atoms with Crippen molar-refractivity contribution in [3.05, 3.63) is 65.7 Å². The van der Waals surface area contributed by atoms with Crippen molar-refractivity contribution in [2.75, 3.05) is 7.11 Å². The zero-order chi connectivity index (χ0) is 18.9. The highest BCUT2D eigenvalue weighted by Crippen LogP contribution is 2.46. The zero-order valence-corrected chi connectivity index (χ0v) is 14.8. The van der Waals surface area contributed by atoms with Crippen molar-refractivity contribution in [1.29, 1.82) is 0 Å². The molecule has 4 nitrogen and oxygen atoms in total. The van der Waals surface area contributed by atoms with Gasteiger partial charge in [-0.3, -0.25) is 0 Å². The average molecular weight is 383 g/mol. The first-order chi connectivity index (χ1) is 12.3. The van der Waals surface area contributed by atoms with Crippen LogP contribution < -0.4 is 0 Å². The van der Waals surface area contributed by atoms with Gasteiger partial charge in [0.2, 0.25) is 5.25 Å². The molecule has 8 heteroatoms. The molecule has 138 valence electrons. The summed E-state index contributed by atoms with van der Waals surface area (Å²) in [7, 11) is 0.871. The monoisotopic (exact) mass is 383 g/mol. The predicted octanol–water partition coefficient (Wildman–Crippen LogP) is 3.81. The number of methoxy groups -OCH3 is 1. The van der Waals surface area contributed by atoms with Crippen LogP contribution in [-0.4, -0.2) is 34.6 Å². The fourth-order valence-electron chi connectivity index (χ4n) is 2.72. The summed E-state index contributed by atoms with van der Waals surface area (Å²) in [6.07, 6.45) is -4.94. The van der Waals surface area contributed by atoms with Crippen LogP contribution in [-0.2, 0) is 20.8 Å². The summed E-state index contributed by atoms with van der Waals surface area (Å²) in [6.45, 7) is 1.83. The molecule has 0 N–H and O–H groups in total. The van der Waals surface area contributed by atoms with Crippen LogP contribution in [0.15, 0.2) is 64.6 Å². The standard InChI is InChI=1S/C18H16F3NO3S/c1-12-8-10-14(11-9-12)26(23)16-15(13-6-4-3-5-7-13)22-25-17(16,24-2)18(19,20)21/h3-11,16H,1-2H3/t16-,17-,26-/m0/s1. The first kappa shape index (κ1) is 18.8. The Labute approximate surface area is 151 Å². The van der Waals surface area contributed by atoms with Crippen molar-refractivity contribution in [3.63, 3.8) is 0 Å². The third-order valence-corrected chi connectivity index (χ3v) is 5.81. The molecule has 0 saturated heterocycles. The van der Waals surface area contributed by atoms with E-state index in [1.54, 1.807) is 42.5 Å². The lowest BCUT2D eigenvalue weighted by molar-refractivity contribution is -0.362. The Kier molecular flexibility index (Phi) is 5.01. The van der Waals surface area contributed by atoms with Crippen LogP contribution >= 0.6 is 0 Å². The van der Waals surface area contributed by atoms with Gasteiger partial charge in [-0.1, -0.05) is 53.2 Å². The molecule has 0 unspecified atom stereocenters. The average Bonchev–Trinajstić information content (AvgIpc) is 3.03. The molecule has 26 heavy (non-hydrogen) atoms. The molecule has 0 aliphatic carbocycles. The summed E-state index contributed by atoms with van der Waals surface area (Å²) in [5.74, 6) is -3.12. The largest absolute Gasteiger partial charge is 0.611 e. The topological polar surface area (TPSA) is 53.9 Å². The van der Waals surface area contributed by atoms with Gasteiger partial charge in [0.15, 0.2) is 4.90 Å². The first-order valence-electron chi connectivity index (χ1n) is 7.71. The number of hydrogen-bond donors (Lipinski definition) is 0. The van der Waals surface area contributed by atoms with Crippen LogP contribution in [0.3, 0.4) is 0 Å². The Morgan fingerprint density at radius 1 is 1.12 bits per heavy atom. The van der Waals surface area contributed by atoms with E-state index >= 15 is 0 Å². The van der Waals surface area contributed by atoms with Gasteiger partial charge < -0.3 is 14.1 Å². The number of alkyl halides is 3. The maximum absolute atomic E-state index is 13.8. The molecule has 0 bridgehead atoms. The summed E-state index contributed by atoms with van der Waals surface area (Å²) < 4.78 is 59.4. The van der Waals surface area contributed by atoms with Gasteiger partial charge in [0.25, 0.3) is 0 Å². The van der Waals surface area contributed by atoms with Gasteiger partial charge in [-0.15, -0.1) is 0 Å². The second-order valence-corrected chi connectivity index (χ2v) is 7.33. The third kappa shape index (κ3) is 3.08. The van der Waals surface area contributed by atoms with E-state index in [0.717, 1.165) is 12.7 Å². The molecule has 0 saturated carbocycles. The highest BCUT2D eigenvalue weighted by molar-refractivity contribution is 7.93. The predicted molar refractivity (Wildman–Crippen MR) is 91.2 cm³/mol. The molecule has 2 aromatic rings. The van der Waals surface area contributed by atoms with E-state index in [4.69, 9.17) is 9.57 Å². The number of aryl methyl sites for hydroxylation is 1. The molecular weight excluding hydrogens is 367 g/mol. The molecule has 0 fully saturated rings. The maximum atomic E-state index is 13.8. The minimum atomic E-state index is -4.94. The van der Waals surface area contributed by atoms with Gasteiger partial charge in [0.1, 0.15) is 5.71 Å². The zero-order valence-electron chi connectivity index (χ0n) is 14.0. The molecule has 2 aromatic carbocycles. The van der Waals surface area contributed by atoms with E-state index < -0.39 is 28.4 Å². The van der Waals surface area contributed by atoms with Gasteiger partial charge >= 0.3 is 12.0 Å². The molecule has 3 rings (SSSR count). The fraction of sp³-hybridized carbons (Fsp3) is 0.278. The molecular formula is C18H16F3NO3S. The quantitative estimate of drug-likeness (QED) is 0.755. The van der Waals surface area contributed by atoms with Crippen LogP contribution in [0.4, 0.5) is 13.2 Å². The Balaban J connectivity index is 2.11. The summed E-state index contributed by atoms with van der Waals surface area (Å²) in [5.41, 5.74) is 1.23. The van der Waals surface area contributed by atoms with Crippen LogP contribution in [0.25, 0.3) is 0 Å². The van der Waals surface area contributed by atoms with E-state index in [9.17, 15) is 17.7 Å². The van der Waals surface area contributed by atoms with Gasteiger partial charge in [-0.2, -0.15) is 13.2 Å². The normalized spacial score (nSPS) is 24.1. The first-order valence-corrected chi connectivity index (χ1v) is 8.92. The number of halogens is 3. The number of benzene rings is 2. The van der Waals surface area contributed by atoms with Gasteiger partial charge in [0.05, 0.1) is 0 Å². The van der Waals surface area contributed by atoms with E-state index in [-0.39, 0.29) is 10.6 Å². The van der Waals surface area contributed by atoms with Crippen molar-refractivity contribution < 1.29 is 27.3 Å².